The monoisotopic (exact) mass is 209 g/mol. The van der Waals surface area contributed by atoms with Gasteiger partial charge < -0.3 is 10.5 Å². The summed E-state index contributed by atoms with van der Waals surface area (Å²) in [7, 11) is 0. The van der Waals surface area contributed by atoms with Gasteiger partial charge in [0, 0.05) is 12.1 Å². The molecule has 0 heterocycles. The molecular formula is C12H16FNO. The van der Waals surface area contributed by atoms with Crippen molar-refractivity contribution in [3.8, 4) is 5.75 Å². The van der Waals surface area contributed by atoms with Crippen molar-refractivity contribution in [1.82, 2.24) is 0 Å². The molecule has 0 amide bonds. The maximum atomic E-state index is 13.2. The average Bonchev–Trinajstić information content (AvgIpc) is 2.59. The van der Waals surface area contributed by atoms with E-state index >= 15 is 0 Å². The maximum absolute atomic E-state index is 13.2. The Hall–Kier alpha value is -1.09. The van der Waals surface area contributed by atoms with Crippen LogP contribution in [0, 0.1) is 12.7 Å². The van der Waals surface area contributed by atoms with Gasteiger partial charge in [-0.05, 0) is 37.8 Å². The zero-order valence-electron chi connectivity index (χ0n) is 8.87. The first-order valence-corrected chi connectivity index (χ1v) is 5.35. The molecule has 0 spiro atoms. The summed E-state index contributed by atoms with van der Waals surface area (Å²) >= 11 is 0. The number of ether oxygens (including phenoxy) is 1. The molecule has 1 saturated carbocycles. The summed E-state index contributed by atoms with van der Waals surface area (Å²) < 4.78 is 18.9. The molecule has 2 nitrogen and oxygen atoms in total. The van der Waals surface area contributed by atoms with Gasteiger partial charge in [0.25, 0.3) is 0 Å². The molecule has 0 bridgehead atoms. The summed E-state index contributed by atoms with van der Waals surface area (Å²) in [6, 6.07) is 5.05. The summed E-state index contributed by atoms with van der Waals surface area (Å²) in [5.74, 6) is 0.361. The van der Waals surface area contributed by atoms with Crippen LogP contribution in [-0.2, 0) is 0 Å². The number of halogens is 1. The van der Waals surface area contributed by atoms with Crippen molar-refractivity contribution < 1.29 is 9.13 Å². The third-order valence-electron chi connectivity index (χ3n) is 2.93. The lowest BCUT2D eigenvalue weighted by Crippen LogP contribution is -2.33. The third-order valence-corrected chi connectivity index (χ3v) is 2.93. The predicted molar refractivity (Wildman–Crippen MR) is 57.4 cm³/mol. The van der Waals surface area contributed by atoms with Crippen molar-refractivity contribution in [2.75, 3.05) is 0 Å². The maximum Gasteiger partial charge on any atom is 0.129 e. The molecule has 3 heteroatoms. The van der Waals surface area contributed by atoms with E-state index in [1.807, 2.05) is 0 Å². The highest BCUT2D eigenvalue weighted by Gasteiger charge is 2.25. The third kappa shape index (κ3) is 2.29. The Morgan fingerprint density at radius 1 is 1.40 bits per heavy atom. The topological polar surface area (TPSA) is 35.2 Å². The van der Waals surface area contributed by atoms with E-state index < -0.39 is 0 Å². The van der Waals surface area contributed by atoms with Crippen LogP contribution in [0.1, 0.15) is 24.8 Å². The van der Waals surface area contributed by atoms with Gasteiger partial charge in [-0.3, -0.25) is 0 Å². The van der Waals surface area contributed by atoms with Gasteiger partial charge in [-0.2, -0.15) is 0 Å². The molecule has 2 atom stereocenters. The highest BCUT2D eigenvalue weighted by atomic mass is 19.1. The van der Waals surface area contributed by atoms with Crippen LogP contribution < -0.4 is 10.5 Å². The molecular weight excluding hydrogens is 193 g/mol. The second kappa shape index (κ2) is 4.19. The van der Waals surface area contributed by atoms with E-state index in [9.17, 15) is 4.39 Å². The van der Waals surface area contributed by atoms with Crippen LogP contribution >= 0.6 is 0 Å². The van der Waals surface area contributed by atoms with E-state index in [-0.39, 0.29) is 18.0 Å². The first kappa shape index (κ1) is 10.4. The fourth-order valence-electron chi connectivity index (χ4n) is 1.92. The van der Waals surface area contributed by atoms with Crippen molar-refractivity contribution in [3.63, 3.8) is 0 Å². The molecule has 1 aliphatic rings. The fourth-order valence-corrected chi connectivity index (χ4v) is 1.92. The van der Waals surface area contributed by atoms with Crippen LogP contribution in [0.4, 0.5) is 4.39 Å². The minimum absolute atomic E-state index is 0.0482. The second-order valence-electron chi connectivity index (χ2n) is 4.16. The van der Waals surface area contributed by atoms with Crippen molar-refractivity contribution in [2.24, 2.45) is 5.73 Å². The molecule has 1 aromatic rings. The van der Waals surface area contributed by atoms with Crippen LogP contribution in [0.25, 0.3) is 0 Å². The van der Waals surface area contributed by atoms with E-state index in [0.29, 0.717) is 11.3 Å². The summed E-state index contributed by atoms with van der Waals surface area (Å²) in [6.45, 7) is 1.74. The number of nitrogens with two attached hydrogens (primary N) is 1. The van der Waals surface area contributed by atoms with Gasteiger partial charge in [0.15, 0.2) is 0 Å². The Morgan fingerprint density at radius 2 is 2.20 bits per heavy atom. The first-order chi connectivity index (χ1) is 7.16. The van der Waals surface area contributed by atoms with E-state index in [1.54, 1.807) is 19.1 Å². The minimum atomic E-state index is -0.223. The van der Waals surface area contributed by atoms with E-state index in [2.05, 4.69) is 0 Å². The number of hydrogen-bond acceptors (Lipinski definition) is 2. The van der Waals surface area contributed by atoms with Crippen molar-refractivity contribution in [3.05, 3.63) is 29.6 Å². The number of benzene rings is 1. The molecule has 0 saturated heterocycles. The molecule has 2 unspecified atom stereocenters. The molecule has 0 radical (unpaired) electrons. The highest BCUT2D eigenvalue weighted by molar-refractivity contribution is 5.28. The van der Waals surface area contributed by atoms with E-state index in [1.165, 1.54) is 6.07 Å². The summed E-state index contributed by atoms with van der Waals surface area (Å²) in [4.78, 5) is 0. The Balaban J connectivity index is 2.07. The normalized spacial score (nSPS) is 25.5. The zero-order chi connectivity index (χ0) is 10.8. The summed E-state index contributed by atoms with van der Waals surface area (Å²) in [5, 5.41) is 0. The fraction of sp³-hybridized carbons (Fsp3) is 0.500. The van der Waals surface area contributed by atoms with Gasteiger partial charge in [0.1, 0.15) is 17.7 Å². The van der Waals surface area contributed by atoms with Crippen LogP contribution in [0.5, 0.6) is 5.75 Å². The second-order valence-corrected chi connectivity index (χ2v) is 4.16. The molecule has 1 aromatic carbocycles. The first-order valence-electron chi connectivity index (χ1n) is 5.35. The van der Waals surface area contributed by atoms with Gasteiger partial charge in [-0.25, -0.2) is 4.39 Å². The summed E-state index contributed by atoms with van der Waals surface area (Å²) in [6.07, 6.45) is 3.11. The average molecular weight is 209 g/mol. The van der Waals surface area contributed by atoms with Crippen LogP contribution in [-0.4, -0.2) is 12.1 Å². The smallest absolute Gasteiger partial charge is 0.129 e. The lowest BCUT2D eigenvalue weighted by molar-refractivity contribution is 0.191. The van der Waals surface area contributed by atoms with Crippen LogP contribution in [0.15, 0.2) is 18.2 Å². The standard InChI is InChI=1S/C12H16FNO/c1-8-5-6-9(7-10(8)13)15-12-4-2-3-11(12)14/h5-7,11-12H,2-4,14H2,1H3. The molecule has 0 aliphatic heterocycles. The molecule has 82 valence electrons. The largest absolute Gasteiger partial charge is 0.489 e. The Labute approximate surface area is 89.2 Å². The van der Waals surface area contributed by atoms with Gasteiger partial charge in [0.2, 0.25) is 0 Å². The van der Waals surface area contributed by atoms with Crippen molar-refractivity contribution >= 4 is 0 Å². The van der Waals surface area contributed by atoms with Gasteiger partial charge in [-0.1, -0.05) is 6.07 Å². The highest BCUT2D eigenvalue weighted by Crippen LogP contribution is 2.24. The van der Waals surface area contributed by atoms with Crippen molar-refractivity contribution in [2.45, 2.75) is 38.3 Å². The summed E-state index contributed by atoms with van der Waals surface area (Å²) in [5.41, 5.74) is 6.51. The molecule has 15 heavy (non-hydrogen) atoms. The molecule has 1 aliphatic carbocycles. The number of aryl methyl sites for hydroxylation is 1. The quantitative estimate of drug-likeness (QED) is 0.811. The van der Waals surface area contributed by atoms with Gasteiger partial charge in [0.05, 0.1) is 0 Å². The zero-order valence-corrected chi connectivity index (χ0v) is 8.87. The number of hydrogen-bond donors (Lipinski definition) is 1. The van der Waals surface area contributed by atoms with Crippen molar-refractivity contribution in [1.29, 1.82) is 0 Å². The van der Waals surface area contributed by atoms with E-state index in [0.717, 1.165) is 19.3 Å². The lowest BCUT2D eigenvalue weighted by atomic mass is 10.2. The predicted octanol–water partition coefficient (Wildman–Crippen LogP) is 2.39. The minimum Gasteiger partial charge on any atom is -0.489 e. The Bertz CT molecular complexity index is 353. The SMILES string of the molecule is Cc1ccc(OC2CCCC2N)cc1F. The molecule has 1 fully saturated rings. The van der Waals surface area contributed by atoms with Gasteiger partial charge in [-0.15, -0.1) is 0 Å². The molecule has 0 aromatic heterocycles. The van der Waals surface area contributed by atoms with Crippen LogP contribution in [0.2, 0.25) is 0 Å². The van der Waals surface area contributed by atoms with Crippen LogP contribution in [0.3, 0.4) is 0 Å². The Morgan fingerprint density at radius 3 is 2.80 bits per heavy atom. The molecule has 2 N–H and O–H groups in total. The lowest BCUT2D eigenvalue weighted by Gasteiger charge is -2.17. The molecule has 2 rings (SSSR count). The van der Waals surface area contributed by atoms with Gasteiger partial charge >= 0.3 is 0 Å². The van der Waals surface area contributed by atoms with E-state index in [4.69, 9.17) is 10.5 Å². The Kier molecular flexibility index (Phi) is 2.91. The number of rotatable bonds is 2.